The van der Waals surface area contributed by atoms with Crippen LogP contribution < -0.4 is 15.0 Å². The van der Waals surface area contributed by atoms with Crippen molar-refractivity contribution in [3.8, 4) is 11.8 Å². The highest BCUT2D eigenvalue weighted by molar-refractivity contribution is 5.94. The fourth-order valence-corrected chi connectivity index (χ4v) is 2.60. The number of rotatable bonds is 4. The minimum atomic E-state index is -0.300. The van der Waals surface area contributed by atoms with Gasteiger partial charge in [0.2, 0.25) is 11.8 Å². The van der Waals surface area contributed by atoms with Crippen LogP contribution in [0.1, 0.15) is 16.8 Å². The first-order chi connectivity index (χ1) is 11.6. The molecule has 0 saturated carbocycles. The summed E-state index contributed by atoms with van der Waals surface area (Å²) >= 11 is 0. The van der Waals surface area contributed by atoms with Crippen molar-refractivity contribution in [3.05, 3.63) is 46.6 Å². The highest BCUT2D eigenvalue weighted by Gasteiger charge is 2.29. The lowest BCUT2D eigenvalue weighted by atomic mass is 10.2. The van der Waals surface area contributed by atoms with E-state index in [0.29, 0.717) is 31.3 Å². The van der Waals surface area contributed by atoms with Gasteiger partial charge in [0.1, 0.15) is 11.7 Å². The number of aromatic nitrogens is 3. The summed E-state index contributed by atoms with van der Waals surface area (Å²) in [7, 11) is 3.13. The molecule has 1 atom stereocenters. The molecule has 1 amide bonds. The van der Waals surface area contributed by atoms with Crippen molar-refractivity contribution in [1.29, 1.82) is 0 Å². The van der Waals surface area contributed by atoms with Crippen LogP contribution in [0.4, 0.5) is 0 Å². The number of nitrogens with zero attached hydrogens (tertiary/aromatic N) is 4. The fraction of sp³-hybridized carbons (Fsp3) is 0.375. The maximum atomic E-state index is 12.5. The standard InChI is InChI=1S/C16H18N4O4/c1-19-6-3-4-12(15(19)21)16(22)20-7-5-11(10-20)24-14-9-17-8-13(18-14)23-2/h3-4,6,8-9,11H,5,7,10H2,1-2H3. The third kappa shape index (κ3) is 3.22. The molecule has 1 fully saturated rings. The van der Waals surface area contributed by atoms with Gasteiger partial charge in [0.05, 0.1) is 26.0 Å². The van der Waals surface area contributed by atoms with Crippen LogP contribution in [0.5, 0.6) is 11.8 Å². The van der Waals surface area contributed by atoms with Gasteiger partial charge in [-0.2, -0.15) is 4.98 Å². The van der Waals surface area contributed by atoms with E-state index < -0.39 is 0 Å². The molecule has 0 N–H and O–H groups in total. The Morgan fingerprint density at radius 3 is 2.92 bits per heavy atom. The van der Waals surface area contributed by atoms with Crippen molar-refractivity contribution in [2.24, 2.45) is 7.05 Å². The molecule has 0 spiro atoms. The minimum Gasteiger partial charge on any atom is -0.480 e. The lowest BCUT2D eigenvalue weighted by Crippen LogP contribution is -2.35. The summed E-state index contributed by atoms with van der Waals surface area (Å²) < 4.78 is 12.2. The van der Waals surface area contributed by atoms with E-state index in [9.17, 15) is 9.59 Å². The molecule has 0 aromatic carbocycles. The smallest absolute Gasteiger partial charge is 0.263 e. The average Bonchev–Trinajstić information content (AvgIpc) is 3.05. The number of hydrogen-bond donors (Lipinski definition) is 0. The first kappa shape index (κ1) is 16.0. The van der Waals surface area contributed by atoms with Crippen LogP contribution in [0.3, 0.4) is 0 Å². The summed E-state index contributed by atoms with van der Waals surface area (Å²) in [5.41, 5.74) is -0.132. The van der Waals surface area contributed by atoms with Crippen molar-refractivity contribution in [1.82, 2.24) is 19.4 Å². The van der Waals surface area contributed by atoms with Gasteiger partial charge in [-0.05, 0) is 12.1 Å². The Balaban J connectivity index is 1.67. The van der Waals surface area contributed by atoms with Gasteiger partial charge in [-0.15, -0.1) is 0 Å². The van der Waals surface area contributed by atoms with Crippen molar-refractivity contribution in [2.75, 3.05) is 20.2 Å². The summed E-state index contributed by atoms with van der Waals surface area (Å²) in [5.74, 6) is 0.439. The molecule has 0 bridgehead atoms. The van der Waals surface area contributed by atoms with Gasteiger partial charge in [0.25, 0.3) is 11.5 Å². The Kier molecular flexibility index (Phi) is 4.45. The molecule has 8 nitrogen and oxygen atoms in total. The van der Waals surface area contributed by atoms with E-state index in [4.69, 9.17) is 9.47 Å². The predicted molar refractivity (Wildman–Crippen MR) is 85.2 cm³/mol. The Bertz CT molecular complexity index is 805. The average molecular weight is 330 g/mol. The van der Waals surface area contributed by atoms with Crippen LogP contribution in [0.15, 0.2) is 35.5 Å². The molecule has 1 unspecified atom stereocenters. The highest BCUT2D eigenvalue weighted by Crippen LogP contribution is 2.19. The molecular formula is C16H18N4O4. The minimum absolute atomic E-state index is 0.168. The molecule has 1 aliphatic heterocycles. The van der Waals surface area contributed by atoms with Gasteiger partial charge < -0.3 is 18.9 Å². The largest absolute Gasteiger partial charge is 0.480 e. The van der Waals surface area contributed by atoms with Gasteiger partial charge in [0, 0.05) is 26.2 Å². The second-order valence-corrected chi connectivity index (χ2v) is 5.52. The molecule has 24 heavy (non-hydrogen) atoms. The van der Waals surface area contributed by atoms with Crippen LogP contribution >= 0.6 is 0 Å². The number of hydrogen-bond acceptors (Lipinski definition) is 6. The molecule has 0 radical (unpaired) electrons. The Morgan fingerprint density at radius 1 is 1.33 bits per heavy atom. The van der Waals surface area contributed by atoms with Crippen molar-refractivity contribution < 1.29 is 14.3 Å². The molecule has 2 aromatic heterocycles. The molecule has 8 heteroatoms. The SMILES string of the molecule is COc1cncc(OC2CCN(C(=O)c3cccn(C)c3=O)C2)n1. The van der Waals surface area contributed by atoms with E-state index >= 15 is 0 Å². The number of methoxy groups -OCH3 is 1. The summed E-state index contributed by atoms with van der Waals surface area (Å²) in [5, 5.41) is 0. The monoisotopic (exact) mass is 330 g/mol. The predicted octanol–water partition coefficient (Wildman–Crippen LogP) is 0.477. The zero-order chi connectivity index (χ0) is 17.1. The van der Waals surface area contributed by atoms with Gasteiger partial charge in [-0.1, -0.05) is 0 Å². The van der Waals surface area contributed by atoms with Crippen LogP contribution in [0.2, 0.25) is 0 Å². The summed E-state index contributed by atoms with van der Waals surface area (Å²) in [6.45, 7) is 0.925. The quantitative estimate of drug-likeness (QED) is 0.810. The van der Waals surface area contributed by atoms with Gasteiger partial charge >= 0.3 is 0 Å². The molecular weight excluding hydrogens is 312 g/mol. The number of likely N-dealkylation sites (tertiary alicyclic amines) is 1. The maximum absolute atomic E-state index is 12.5. The van der Waals surface area contributed by atoms with Crippen LogP contribution in [-0.2, 0) is 7.05 Å². The molecule has 3 rings (SSSR count). The van der Waals surface area contributed by atoms with E-state index in [1.165, 1.54) is 24.1 Å². The zero-order valence-corrected chi connectivity index (χ0v) is 13.5. The fourth-order valence-electron chi connectivity index (χ4n) is 2.60. The highest BCUT2D eigenvalue weighted by atomic mass is 16.5. The van der Waals surface area contributed by atoms with Crippen molar-refractivity contribution in [3.63, 3.8) is 0 Å². The second-order valence-electron chi connectivity index (χ2n) is 5.52. The van der Waals surface area contributed by atoms with Crippen LogP contribution in [0.25, 0.3) is 0 Å². The lowest BCUT2D eigenvalue weighted by molar-refractivity contribution is 0.0768. The number of carbonyl (C=O) groups excluding carboxylic acids is 1. The van der Waals surface area contributed by atoms with E-state index in [1.807, 2.05) is 0 Å². The van der Waals surface area contributed by atoms with Gasteiger partial charge in [0.15, 0.2) is 0 Å². The Labute approximate surface area is 138 Å². The first-order valence-corrected chi connectivity index (χ1v) is 7.56. The molecule has 0 aliphatic carbocycles. The molecule has 1 saturated heterocycles. The molecule has 1 aliphatic rings. The van der Waals surface area contributed by atoms with E-state index in [1.54, 1.807) is 30.3 Å². The summed E-state index contributed by atoms with van der Waals surface area (Å²) in [6, 6.07) is 3.23. The van der Waals surface area contributed by atoms with Crippen molar-refractivity contribution >= 4 is 5.91 Å². The molecule has 126 valence electrons. The third-order valence-electron chi connectivity index (χ3n) is 3.87. The number of pyridine rings is 1. The normalized spacial score (nSPS) is 16.9. The maximum Gasteiger partial charge on any atom is 0.263 e. The molecule has 2 aromatic rings. The van der Waals surface area contributed by atoms with Gasteiger partial charge in [-0.25, -0.2) is 0 Å². The number of ether oxygens (including phenoxy) is 2. The van der Waals surface area contributed by atoms with Crippen LogP contribution in [-0.4, -0.2) is 51.6 Å². The first-order valence-electron chi connectivity index (χ1n) is 7.56. The zero-order valence-electron chi connectivity index (χ0n) is 13.5. The summed E-state index contributed by atoms with van der Waals surface area (Å²) in [6.07, 6.45) is 5.08. The van der Waals surface area contributed by atoms with Crippen molar-refractivity contribution in [2.45, 2.75) is 12.5 Å². The molecule has 3 heterocycles. The Hall–Kier alpha value is -2.90. The van der Waals surface area contributed by atoms with E-state index in [2.05, 4.69) is 9.97 Å². The summed E-state index contributed by atoms with van der Waals surface area (Å²) in [4.78, 5) is 34.3. The number of amides is 1. The Morgan fingerprint density at radius 2 is 2.12 bits per heavy atom. The van der Waals surface area contributed by atoms with E-state index in [0.717, 1.165) is 0 Å². The second kappa shape index (κ2) is 6.69. The lowest BCUT2D eigenvalue weighted by Gasteiger charge is -2.17. The van der Waals surface area contributed by atoms with Gasteiger partial charge in [-0.3, -0.25) is 14.6 Å². The third-order valence-corrected chi connectivity index (χ3v) is 3.87. The topological polar surface area (TPSA) is 86.5 Å². The van der Waals surface area contributed by atoms with Crippen LogP contribution in [0, 0.1) is 0 Å². The van der Waals surface area contributed by atoms with E-state index in [-0.39, 0.29) is 23.1 Å². The number of carbonyl (C=O) groups is 1. The number of aryl methyl sites for hydroxylation is 1.